The maximum absolute atomic E-state index is 12.5. The Kier molecular flexibility index (Phi) is 61.5. The van der Waals surface area contributed by atoms with Crippen LogP contribution in [-0.4, -0.2) is 47.4 Å². The Morgan fingerprint density at radius 2 is 0.676 bits per heavy atom. The number of amides is 1. The predicted octanol–water partition coefficient (Wildman–Crippen LogP) is 20.9. The number of rotatable bonds is 61. The molecule has 0 spiro atoms. The van der Waals surface area contributed by atoms with Crippen molar-refractivity contribution in [3.05, 3.63) is 48.6 Å². The molecule has 0 aromatic heterocycles. The van der Waals surface area contributed by atoms with Crippen LogP contribution in [0.3, 0.4) is 0 Å². The summed E-state index contributed by atoms with van der Waals surface area (Å²) in [5.41, 5.74) is 0. The molecule has 0 aromatic rings. The van der Waals surface area contributed by atoms with E-state index in [-0.39, 0.29) is 18.5 Å². The second-order valence-corrected chi connectivity index (χ2v) is 22.4. The monoisotopic (exact) mass is 1040 g/mol. The van der Waals surface area contributed by atoms with Crippen molar-refractivity contribution in [2.75, 3.05) is 13.2 Å². The molecule has 3 N–H and O–H groups in total. The van der Waals surface area contributed by atoms with Gasteiger partial charge in [0.2, 0.25) is 5.91 Å². The summed E-state index contributed by atoms with van der Waals surface area (Å²) in [6.07, 6.45) is 81.6. The number of carbonyl (C=O) groups excluding carboxylic acids is 2. The van der Waals surface area contributed by atoms with Gasteiger partial charge >= 0.3 is 5.97 Å². The highest BCUT2D eigenvalue weighted by Gasteiger charge is 2.18. The lowest BCUT2D eigenvalue weighted by atomic mass is 10.0. The quantitative estimate of drug-likeness (QED) is 0.0320. The van der Waals surface area contributed by atoms with Gasteiger partial charge in [0.25, 0.3) is 0 Å². The van der Waals surface area contributed by atoms with Crippen molar-refractivity contribution < 1.29 is 24.5 Å². The van der Waals surface area contributed by atoms with Gasteiger partial charge in [0.15, 0.2) is 0 Å². The average molecular weight is 1040 g/mol. The van der Waals surface area contributed by atoms with E-state index in [1.165, 1.54) is 244 Å². The minimum Gasteiger partial charge on any atom is -0.466 e. The molecule has 0 aromatic carbocycles. The predicted molar refractivity (Wildman–Crippen MR) is 324 cm³/mol. The number of unbranched alkanes of at least 4 members (excludes halogenated alkanes) is 44. The number of aliphatic hydroxyl groups excluding tert-OH is 2. The molecule has 0 aliphatic carbocycles. The van der Waals surface area contributed by atoms with Crippen LogP contribution in [0, 0.1) is 0 Å². The van der Waals surface area contributed by atoms with Crippen LogP contribution in [0.5, 0.6) is 0 Å². The third kappa shape index (κ3) is 59.1. The molecule has 0 saturated carbocycles. The number of esters is 1. The largest absolute Gasteiger partial charge is 0.466 e. The first-order valence-electron chi connectivity index (χ1n) is 32.9. The fourth-order valence-electron chi connectivity index (χ4n) is 10.0. The van der Waals surface area contributed by atoms with Crippen molar-refractivity contribution in [2.24, 2.45) is 0 Å². The number of allylic oxidation sites excluding steroid dienone is 7. The first kappa shape index (κ1) is 71.8. The van der Waals surface area contributed by atoms with Gasteiger partial charge < -0.3 is 20.3 Å². The lowest BCUT2D eigenvalue weighted by Crippen LogP contribution is -2.45. The Balaban J connectivity index is 3.50. The molecule has 0 heterocycles. The van der Waals surface area contributed by atoms with Crippen LogP contribution in [0.1, 0.15) is 348 Å². The number of ether oxygens (including phenoxy) is 1. The Morgan fingerprint density at radius 1 is 0.378 bits per heavy atom. The molecule has 2 atom stereocenters. The Bertz CT molecular complexity index is 1240. The molecule has 0 rings (SSSR count). The first-order chi connectivity index (χ1) is 36.5. The lowest BCUT2D eigenvalue weighted by molar-refractivity contribution is -0.143. The number of nitrogens with one attached hydrogen (secondary N) is 1. The van der Waals surface area contributed by atoms with Crippen molar-refractivity contribution in [2.45, 2.75) is 360 Å². The van der Waals surface area contributed by atoms with Crippen molar-refractivity contribution in [1.29, 1.82) is 0 Å². The maximum atomic E-state index is 12.5. The van der Waals surface area contributed by atoms with Crippen LogP contribution >= 0.6 is 0 Å². The number of carbonyl (C=O) groups is 2. The molecule has 0 saturated heterocycles. The van der Waals surface area contributed by atoms with Crippen LogP contribution in [0.15, 0.2) is 48.6 Å². The van der Waals surface area contributed by atoms with Gasteiger partial charge in [-0.15, -0.1) is 0 Å². The van der Waals surface area contributed by atoms with Crippen molar-refractivity contribution in [3.8, 4) is 0 Å². The SMILES string of the molecule is CCCCC/C=C\C/C=C\CCCCCCCCCCCC(=O)OCCCCCCCC/C=C\CCCCCC(=O)NC(CO)C(O)/C=C/CCCCCCCCCCCCCCCCCCCCCCCCC. The number of hydrogen-bond acceptors (Lipinski definition) is 5. The molecule has 6 nitrogen and oxygen atoms in total. The van der Waals surface area contributed by atoms with E-state index in [1.807, 2.05) is 6.08 Å². The molecular formula is C68H127NO5. The molecule has 0 bridgehead atoms. The van der Waals surface area contributed by atoms with E-state index < -0.39 is 12.1 Å². The van der Waals surface area contributed by atoms with Crippen LogP contribution in [0.4, 0.5) is 0 Å². The fraction of sp³-hybridized carbons (Fsp3) is 0.853. The normalized spacial score (nSPS) is 12.9. The minimum atomic E-state index is -0.865. The van der Waals surface area contributed by atoms with Gasteiger partial charge in [-0.3, -0.25) is 9.59 Å². The highest BCUT2D eigenvalue weighted by atomic mass is 16.5. The van der Waals surface area contributed by atoms with E-state index in [4.69, 9.17) is 4.74 Å². The van der Waals surface area contributed by atoms with E-state index in [0.717, 1.165) is 77.0 Å². The van der Waals surface area contributed by atoms with Crippen LogP contribution < -0.4 is 5.32 Å². The highest BCUT2D eigenvalue weighted by molar-refractivity contribution is 5.76. The highest BCUT2D eigenvalue weighted by Crippen LogP contribution is 2.17. The summed E-state index contributed by atoms with van der Waals surface area (Å²) in [5.74, 6) is -0.113. The van der Waals surface area contributed by atoms with E-state index in [2.05, 4.69) is 55.6 Å². The Labute approximate surface area is 461 Å². The molecule has 74 heavy (non-hydrogen) atoms. The standard InChI is InChI=1S/C68H127NO5/c1-3-5-7-9-11-13-15-17-19-21-23-24-25-26-27-28-30-31-33-36-40-44-48-52-56-60-66(71)65(64-70)69-67(72)61-57-53-49-45-41-37-35-39-43-47-51-55-59-63-74-68(73)62-58-54-50-46-42-38-34-32-29-22-20-18-16-14-12-10-8-6-4-2/h12,14,18,20,37,41,56,60,65-66,70-71H,3-11,13,15-17,19,21-36,38-40,42-55,57-59,61-64H2,1-2H3,(H,69,72)/b14-12-,20-18-,41-37-,60-56+. The summed E-state index contributed by atoms with van der Waals surface area (Å²) in [6.45, 7) is 4.86. The zero-order chi connectivity index (χ0) is 53.6. The van der Waals surface area contributed by atoms with E-state index in [9.17, 15) is 19.8 Å². The van der Waals surface area contributed by atoms with E-state index >= 15 is 0 Å². The summed E-state index contributed by atoms with van der Waals surface area (Å²) in [4.78, 5) is 24.6. The van der Waals surface area contributed by atoms with Crippen LogP contribution in [-0.2, 0) is 14.3 Å². The minimum absolute atomic E-state index is 0.0173. The summed E-state index contributed by atoms with van der Waals surface area (Å²) >= 11 is 0. The third-order valence-electron chi connectivity index (χ3n) is 15.1. The second kappa shape index (κ2) is 63.4. The van der Waals surface area contributed by atoms with Crippen molar-refractivity contribution >= 4 is 11.9 Å². The van der Waals surface area contributed by atoms with Crippen molar-refractivity contribution in [1.82, 2.24) is 5.32 Å². The smallest absolute Gasteiger partial charge is 0.305 e. The molecule has 0 radical (unpaired) electrons. The molecule has 434 valence electrons. The Morgan fingerprint density at radius 3 is 1.08 bits per heavy atom. The first-order valence-corrected chi connectivity index (χ1v) is 32.9. The number of aliphatic hydroxyl groups is 2. The van der Waals surface area contributed by atoms with Gasteiger partial charge in [-0.05, 0) is 89.9 Å². The van der Waals surface area contributed by atoms with Gasteiger partial charge in [0.05, 0.1) is 25.4 Å². The third-order valence-corrected chi connectivity index (χ3v) is 15.1. The average Bonchev–Trinajstić information content (AvgIpc) is 3.40. The second-order valence-electron chi connectivity index (χ2n) is 22.4. The summed E-state index contributed by atoms with van der Waals surface area (Å²) < 4.78 is 5.48. The molecule has 0 fully saturated rings. The summed E-state index contributed by atoms with van der Waals surface area (Å²) in [6, 6.07) is -0.651. The molecule has 1 amide bonds. The van der Waals surface area contributed by atoms with Crippen LogP contribution in [0.25, 0.3) is 0 Å². The zero-order valence-electron chi connectivity index (χ0n) is 49.6. The summed E-state index contributed by atoms with van der Waals surface area (Å²) in [5, 5.41) is 23.2. The van der Waals surface area contributed by atoms with Gasteiger partial charge in [-0.25, -0.2) is 0 Å². The lowest BCUT2D eigenvalue weighted by Gasteiger charge is -2.19. The zero-order valence-corrected chi connectivity index (χ0v) is 49.6. The summed E-state index contributed by atoms with van der Waals surface area (Å²) in [7, 11) is 0. The van der Waals surface area contributed by atoms with Gasteiger partial charge in [0, 0.05) is 12.8 Å². The maximum Gasteiger partial charge on any atom is 0.305 e. The van der Waals surface area contributed by atoms with Crippen LogP contribution in [0.2, 0.25) is 0 Å². The Hall–Kier alpha value is -2.18. The molecule has 6 heteroatoms. The van der Waals surface area contributed by atoms with E-state index in [0.29, 0.717) is 19.4 Å². The topological polar surface area (TPSA) is 95.9 Å². The van der Waals surface area contributed by atoms with E-state index in [1.54, 1.807) is 6.08 Å². The van der Waals surface area contributed by atoms with Crippen molar-refractivity contribution in [3.63, 3.8) is 0 Å². The molecular weight excluding hydrogens is 911 g/mol. The van der Waals surface area contributed by atoms with Gasteiger partial charge in [-0.1, -0.05) is 294 Å². The number of hydrogen-bond donors (Lipinski definition) is 3. The molecule has 0 aliphatic rings. The fourth-order valence-corrected chi connectivity index (χ4v) is 10.0. The van der Waals surface area contributed by atoms with Gasteiger partial charge in [-0.2, -0.15) is 0 Å². The molecule has 0 aliphatic heterocycles. The molecule has 2 unspecified atom stereocenters. The van der Waals surface area contributed by atoms with Gasteiger partial charge in [0.1, 0.15) is 0 Å².